The van der Waals surface area contributed by atoms with E-state index in [2.05, 4.69) is 93.8 Å². The van der Waals surface area contributed by atoms with Gasteiger partial charge in [-0.05, 0) is 91.1 Å². The number of hydrogen-bond acceptors (Lipinski definition) is 7. The molecule has 3 aromatic rings. The summed E-state index contributed by atoms with van der Waals surface area (Å²) in [5.74, 6) is 1.86. The fourth-order valence-corrected chi connectivity index (χ4v) is 6.17. The lowest BCUT2D eigenvalue weighted by molar-refractivity contribution is 0.0963. The maximum atomic E-state index is 12.6. The molecule has 0 saturated heterocycles. The van der Waals surface area contributed by atoms with Crippen LogP contribution in [0, 0.1) is 24.2 Å². The number of benzene rings is 2. The van der Waals surface area contributed by atoms with Crippen LogP contribution in [-0.2, 0) is 18.3 Å². The van der Waals surface area contributed by atoms with Crippen LogP contribution < -0.4 is 21.3 Å². The Balaban J connectivity index is 1.73. The molecule has 3 atom stereocenters. The van der Waals surface area contributed by atoms with E-state index in [0.29, 0.717) is 31.0 Å². The Kier molecular flexibility index (Phi) is 10.6. The summed E-state index contributed by atoms with van der Waals surface area (Å²) in [5, 5.41) is 31.5. The van der Waals surface area contributed by atoms with Crippen LogP contribution in [0.3, 0.4) is 0 Å². The molecule has 9 nitrogen and oxygen atoms in total. The predicted octanol–water partition coefficient (Wildman–Crippen LogP) is 4.51. The number of nitriles is 1. The van der Waals surface area contributed by atoms with Crippen molar-refractivity contribution in [3.63, 3.8) is 0 Å². The summed E-state index contributed by atoms with van der Waals surface area (Å²) in [7, 11) is 3.53. The molecule has 2 unspecified atom stereocenters. The highest BCUT2D eigenvalue weighted by molar-refractivity contribution is 5.94. The van der Waals surface area contributed by atoms with Gasteiger partial charge in [0.2, 0.25) is 0 Å². The van der Waals surface area contributed by atoms with E-state index < -0.39 is 5.41 Å². The first kappa shape index (κ1) is 32.5. The SMILES string of the molecule is C=C(CNCCC1(c2nnc(C)[nH]2)c2ccc(C(=C)NC)cc2CCc2cc(C(=O)NC)ccc21)NC(C#N)C[C@@H](C)CC. The fraction of sp³-hybridized carbons (Fsp3) is 0.429. The van der Waals surface area contributed by atoms with Crippen molar-refractivity contribution in [2.24, 2.45) is 5.92 Å². The van der Waals surface area contributed by atoms with Crippen LogP contribution in [0.1, 0.15) is 82.9 Å². The van der Waals surface area contributed by atoms with Gasteiger partial charge in [-0.2, -0.15) is 5.26 Å². The number of aryl methyl sites for hydroxylation is 3. The zero-order chi connectivity index (χ0) is 31.9. The minimum Gasteiger partial charge on any atom is -0.388 e. The standard InChI is InChI=1S/C35H46N8O/c1-8-22(2)17-30(20-36)40-23(3)21-39-16-15-35(34-41-25(5)42-43-34)31-13-11-26(24(4)37-6)18-27(31)9-10-28-19-29(33(44)38-7)12-14-32(28)35/h11-14,18-19,22,30,37,39-40H,3-4,8-10,15-17,21H2,1-2,5-7H3,(H,38,44)(H,41,42,43)/t22-,30?,35?/m0/s1. The van der Waals surface area contributed by atoms with Crippen LogP contribution in [0.4, 0.5) is 0 Å². The second-order valence-corrected chi connectivity index (χ2v) is 11.8. The predicted molar refractivity (Wildman–Crippen MR) is 176 cm³/mol. The summed E-state index contributed by atoms with van der Waals surface area (Å²) < 4.78 is 0. The second-order valence-electron chi connectivity index (χ2n) is 11.8. The number of amides is 1. The second kappa shape index (κ2) is 14.4. The number of aromatic nitrogens is 3. The number of nitrogens with one attached hydrogen (secondary N) is 5. The summed E-state index contributed by atoms with van der Waals surface area (Å²) in [6.45, 7) is 15.8. The van der Waals surface area contributed by atoms with E-state index in [1.165, 1.54) is 5.56 Å². The van der Waals surface area contributed by atoms with Crippen molar-refractivity contribution in [1.82, 2.24) is 36.4 Å². The first-order valence-electron chi connectivity index (χ1n) is 15.5. The van der Waals surface area contributed by atoms with Crippen molar-refractivity contribution in [3.8, 4) is 6.07 Å². The molecular formula is C35H46N8O. The molecule has 44 heavy (non-hydrogen) atoms. The average Bonchev–Trinajstić information content (AvgIpc) is 3.43. The van der Waals surface area contributed by atoms with Crippen molar-refractivity contribution >= 4 is 11.6 Å². The van der Waals surface area contributed by atoms with Crippen LogP contribution in [0.2, 0.25) is 0 Å². The quantitative estimate of drug-likeness (QED) is 0.174. The summed E-state index contributed by atoms with van der Waals surface area (Å²) in [6.07, 6.45) is 4.07. The van der Waals surface area contributed by atoms with Gasteiger partial charge in [0.15, 0.2) is 0 Å². The number of rotatable bonds is 14. The topological polar surface area (TPSA) is 131 Å². The third-order valence-electron chi connectivity index (χ3n) is 8.82. The number of aromatic amines is 1. The van der Waals surface area contributed by atoms with Gasteiger partial charge in [-0.25, -0.2) is 0 Å². The van der Waals surface area contributed by atoms with E-state index in [4.69, 9.17) is 0 Å². The van der Waals surface area contributed by atoms with Crippen molar-refractivity contribution in [3.05, 3.63) is 100 Å². The Hall–Kier alpha value is -4.42. The van der Waals surface area contributed by atoms with Crippen LogP contribution >= 0.6 is 0 Å². The molecule has 5 N–H and O–H groups in total. The van der Waals surface area contributed by atoms with E-state index >= 15 is 0 Å². The molecule has 0 radical (unpaired) electrons. The maximum absolute atomic E-state index is 12.6. The van der Waals surface area contributed by atoms with E-state index in [-0.39, 0.29) is 11.9 Å². The fourth-order valence-electron chi connectivity index (χ4n) is 6.17. The number of hydrogen-bond donors (Lipinski definition) is 5. The smallest absolute Gasteiger partial charge is 0.251 e. The van der Waals surface area contributed by atoms with E-state index in [9.17, 15) is 10.1 Å². The van der Waals surface area contributed by atoms with Crippen molar-refractivity contribution in [2.75, 3.05) is 27.2 Å². The molecule has 232 valence electrons. The zero-order valence-electron chi connectivity index (χ0n) is 26.7. The lowest BCUT2D eigenvalue weighted by atomic mass is 9.69. The molecule has 0 aliphatic heterocycles. The van der Waals surface area contributed by atoms with E-state index in [1.54, 1.807) is 7.05 Å². The van der Waals surface area contributed by atoms with Gasteiger partial charge >= 0.3 is 0 Å². The molecule has 2 aromatic carbocycles. The molecule has 4 rings (SSSR count). The van der Waals surface area contributed by atoms with Gasteiger partial charge in [-0.1, -0.05) is 51.6 Å². The molecule has 1 aromatic heterocycles. The monoisotopic (exact) mass is 594 g/mol. The Morgan fingerprint density at radius 3 is 2.30 bits per heavy atom. The molecule has 1 aliphatic rings. The largest absolute Gasteiger partial charge is 0.388 e. The zero-order valence-corrected chi connectivity index (χ0v) is 26.7. The maximum Gasteiger partial charge on any atom is 0.251 e. The minimum absolute atomic E-state index is 0.111. The third-order valence-corrected chi connectivity index (χ3v) is 8.82. The molecular weight excluding hydrogens is 548 g/mol. The molecule has 1 aliphatic carbocycles. The summed E-state index contributed by atoms with van der Waals surface area (Å²) in [4.78, 5) is 16.1. The molecule has 0 fully saturated rings. The first-order chi connectivity index (χ1) is 21.2. The van der Waals surface area contributed by atoms with Gasteiger partial charge in [0.25, 0.3) is 5.91 Å². The molecule has 0 bridgehead atoms. The summed E-state index contributed by atoms with van der Waals surface area (Å²) in [5.41, 5.74) is 7.24. The number of carbonyl (C=O) groups is 1. The average molecular weight is 595 g/mol. The van der Waals surface area contributed by atoms with Crippen LogP contribution in [0.25, 0.3) is 5.70 Å². The Bertz CT molecular complexity index is 1480. The van der Waals surface area contributed by atoms with Gasteiger partial charge in [0.1, 0.15) is 17.7 Å². The highest BCUT2D eigenvalue weighted by atomic mass is 16.1. The lowest BCUT2D eigenvalue weighted by Crippen LogP contribution is -2.38. The number of fused-ring (bicyclic) bond motifs is 2. The summed E-state index contributed by atoms with van der Waals surface area (Å²) in [6, 6.07) is 14.6. The first-order valence-corrected chi connectivity index (χ1v) is 15.5. The van der Waals surface area contributed by atoms with Crippen molar-refractivity contribution in [2.45, 2.75) is 64.3 Å². The Labute approximate surface area is 261 Å². The summed E-state index contributed by atoms with van der Waals surface area (Å²) >= 11 is 0. The Morgan fingerprint density at radius 2 is 1.73 bits per heavy atom. The van der Waals surface area contributed by atoms with Gasteiger partial charge in [-0.3, -0.25) is 4.79 Å². The van der Waals surface area contributed by atoms with Gasteiger partial charge in [0.05, 0.1) is 11.5 Å². The number of nitrogens with zero attached hydrogens (tertiary/aromatic N) is 3. The third kappa shape index (κ3) is 6.87. The van der Waals surface area contributed by atoms with E-state index in [0.717, 1.165) is 71.0 Å². The number of H-pyrrole nitrogens is 1. The highest BCUT2D eigenvalue weighted by Crippen LogP contribution is 2.46. The highest BCUT2D eigenvalue weighted by Gasteiger charge is 2.43. The molecule has 9 heteroatoms. The van der Waals surface area contributed by atoms with Crippen LogP contribution in [0.5, 0.6) is 0 Å². The molecule has 0 spiro atoms. The van der Waals surface area contributed by atoms with E-state index in [1.807, 2.05) is 26.1 Å². The normalized spacial score (nSPS) is 16.8. The van der Waals surface area contributed by atoms with Crippen molar-refractivity contribution < 1.29 is 4.79 Å². The number of carbonyl (C=O) groups excluding carboxylic acids is 1. The van der Waals surface area contributed by atoms with Crippen LogP contribution in [-0.4, -0.2) is 54.3 Å². The molecule has 1 amide bonds. The van der Waals surface area contributed by atoms with Crippen LogP contribution in [0.15, 0.2) is 55.3 Å². The van der Waals surface area contributed by atoms with Gasteiger partial charge < -0.3 is 26.3 Å². The lowest BCUT2D eigenvalue weighted by Gasteiger charge is -2.35. The van der Waals surface area contributed by atoms with Crippen molar-refractivity contribution in [1.29, 1.82) is 5.26 Å². The molecule has 0 saturated carbocycles. The van der Waals surface area contributed by atoms with Gasteiger partial charge in [0, 0.05) is 37.6 Å². The van der Waals surface area contributed by atoms with Gasteiger partial charge in [-0.15, -0.1) is 10.2 Å². The Morgan fingerprint density at radius 1 is 1.07 bits per heavy atom. The minimum atomic E-state index is -0.656. The molecule has 1 heterocycles.